The van der Waals surface area contributed by atoms with E-state index in [1.54, 1.807) is 0 Å². The zero-order chi connectivity index (χ0) is 23.8. The highest BCUT2D eigenvalue weighted by Crippen LogP contribution is 2.19. The van der Waals surface area contributed by atoms with Gasteiger partial charge in [0.1, 0.15) is 0 Å². The van der Waals surface area contributed by atoms with Gasteiger partial charge in [-0.05, 0) is 41.8 Å². The molecule has 1 amide bonds. The van der Waals surface area contributed by atoms with Gasteiger partial charge in [-0.1, -0.05) is 60.7 Å². The Hall–Kier alpha value is -3.49. The van der Waals surface area contributed by atoms with Crippen LogP contribution in [0.25, 0.3) is 0 Å². The van der Waals surface area contributed by atoms with Gasteiger partial charge in [0.2, 0.25) is 10.0 Å². The fourth-order valence-electron chi connectivity index (χ4n) is 3.21. The molecule has 0 spiro atoms. The second-order valence-electron chi connectivity index (χ2n) is 7.61. The van der Waals surface area contributed by atoms with Crippen LogP contribution in [-0.2, 0) is 26.0 Å². The van der Waals surface area contributed by atoms with E-state index in [0.717, 1.165) is 15.4 Å². The molecule has 0 aromatic heterocycles. The molecular weight excluding hydrogens is 440 g/mol. The van der Waals surface area contributed by atoms with Crippen molar-refractivity contribution in [3.63, 3.8) is 0 Å². The minimum Gasteiger partial charge on any atom is -0.452 e. The maximum absolute atomic E-state index is 12.5. The van der Waals surface area contributed by atoms with Gasteiger partial charge in [-0.15, -0.1) is 0 Å². The number of nitrogens with one attached hydrogen (secondary N) is 1. The van der Waals surface area contributed by atoms with Gasteiger partial charge in [-0.2, -0.15) is 0 Å². The molecule has 33 heavy (non-hydrogen) atoms. The molecule has 3 rings (SSSR count). The van der Waals surface area contributed by atoms with Gasteiger partial charge < -0.3 is 10.1 Å². The highest BCUT2D eigenvalue weighted by molar-refractivity contribution is 7.89. The van der Waals surface area contributed by atoms with Gasteiger partial charge in [-0.3, -0.25) is 4.79 Å². The first kappa shape index (κ1) is 24.2. The van der Waals surface area contributed by atoms with Crippen LogP contribution in [0.3, 0.4) is 0 Å². The highest BCUT2D eigenvalue weighted by atomic mass is 32.2. The van der Waals surface area contributed by atoms with E-state index in [1.165, 1.54) is 38.4 Å². The van der Waals surface area contributed by atoms with Crippen molar-refractivity contribution in [1.29, 1.82) is 0 Å². The summed E-state index contributed by atoms with van der Waals surface area (Å²) in [5.41, 5.74) is 2.17. The number of carbonyl (C=O) groups excluding carboxylic acids is 2. The van der Waals surface area contributed by atoms with Crippen LogP contribution in [0.2, 0.25) is 0 Å². The molecule has 1 unspecified atom stereocenters. The maximum Gasteiger partial charge on any atom is 0.338 e. The average Bonchev–Trinajstić information content (AvgIpc) is 2.83. The Labute approximate surface area is 194 Å². The van der Waals surface area contributed by atoms with E-state index in [9.17, 15) is 18.0 Å². The van der Waals surface area contributed by atoms with Gasteiger partial charge >= 0.3 is 5.97 Å². The highest BCUT2D eigenvalue weighted by Gasteiger charge is 2.19. The average molecular weight is 467 g/mol. The molecule has 3 aromatic carbocycles. The third-order valence-corrected chi connectivity index (χ3v) is 6.85. The van der Waals surface area contributed by atoms with E-state index >= 15 is 0 Å². The molecule has 3 aromatic rings. The monoisotopic (exact) mass is 466 g/mol. The number of ether oxygens (including phenoxy) is 1. The van der Waals surface area contributed by atoms with E-state index in [2.05, 4.69) is 5.32 Å². The summed E-state index contributed by atoms with van der Waals surface area (Å²) in [7, 11) is -0.739. The molecule has 1 N–H and O–H groups in total. The van der Waals surface area contributed by atoms with Crippen molar-refractivity contribution in [2.75, 3.05) is 20.7 Å². The number of hydrogen-bond donors (Lipinski definition) is 1. The molecular formula is C25H26N2O5S. The van der Waals surface area contributed by atoms with Crippen LogP contribution in [0, 0.1) is 0 Å². The van der Waals surface area contributed by atoms with Gasteiger partial charge in [0.05, 0.1) is 16.5 Å². The Kier molecular flexibility index (Phi) is 7.97. The number of benzene rings is 3. The molecule has 0 heterocycles. The molecule has 0 aliphatic heterocycles. The van der Waals surface area contributed by atoms with E-state index in [4.69, 9.17) is 4.74 Å². The van der Waals surface area contributed by atoms with Crippen LogP contribution in [0.1, 0.15) is 27.5 Å². The largest absolute Gasteiger partial charge is 0.452 e. The molecule has 1 atom stereocenters. The van der Waals surface area contributed by atoms with E-state index in [0.29, 0.717) is 6.42 Å². The summed E-state index contributed by atoms with van der Waals surface area (Å²) in [5.74, 6) is -1.14. The summed E-state index contributed by atoms with van der Waals surface area (Å²) >= 11 is 0. The van der Waals surface area contributed by atoms with Gasteiger partial charge in [0, 0.05) is 14.1 Å². The van der Waals surface area contributed by atoms with Crippen molar-refractivity contribution < 1.29 is 22.7 Å². The standard InChI is InChI=1S/C25H26N2O5S/c1-27(2)33(30,31)22-15-13-21(14-16-22)25(29)32-18-24(28)26-23(20-11-7-4-8-12-20)17-19-9-5-3-6-10-19/h3-16,23H,17-18H2,1-2H3,(H,26,28). The molecule has 0 aliphatic rings. The van der Waals surface area contributed by atoms with Crippen molar-refractivity contribution in [3.05, 3.63) is 102 Å². The number of esters is 1. The third-order valence-electron chi connectivity index (χ3n) is 5.02. The lowest BCUT2D eigenvalue weighted by Crippen LogP contribution is -2.33. The predicted molar refractivity (Wildman–Crippen MR) is 125 cm³/mol. The van der Waals surface area contributed by atoms with Gasteiger partial charge in [0.15, 0.2) is 6.61 Å². The van der Waals surface area contributed by atoms with Crippen LogP contribution in [0.15, 0.2) is 89.8 Å². The fourth-order valence-corrected chi connectivity index (χ4v) is 4.11. The van der Waals surface area contributed by atoms with Crippen LogP contribution >= 0.6 is 0 Å². The quantitative estimate of drug-likeness (QED) is 0.489. The van der Waals surface area contributed by atoms with E-state index in [1.807, 2.05) is 60.7 Å². The van der Waals surface area contributed by atoms with Crippen molar-refractivity contribution in [1.82, 2.24) is 9.62 Å². The lowest BCUT2D eigenvalue weighted by molar-refractivity contribution is -0.125. The molecule has 0 saturated carbocycles. The van der Waals surface area contributed by atoms with Crippen LogP contribution in [0.5, 0.6) is 0 Å². The van der Waals surface area contributed by atoms with Crippen LogP contribution in [-0.4, -0.2) is 45.3 Å². The number of carbonyl (C=O) groups is 2. The maximum atomic E-state index is 12.5. The Morgan fingerprint density at radius 3 is 2.03 bits per heavy atom. The number of rotatable bonds is 9. The number of nitrogens with zero attached hydrogens (tertiary/aromatic N) is 1. The molecule has 0 saturated heterocycles. The smallest absolute Gasteiger partial charge is 0.338 e. The van der Waals surface area contributed by atoms with Gasteiger partial charge in [-0.25, -0.2) is 17.5 Å². The summed E-state index contributed by atoms with van der Waals surface area (Å²) in [6, 6.07) is 24.5. The first-order chi connectivity index (χ1) is 15.8. The summed E-state index contributed by atoms with van der Waals surface area (Å²) in [6.07, 6.45) is 0.590. The number of amides is 1. The molecule has 0 fully saturated rings. The first-order valence-corrected chi connectivity index (χ1v) is 11.8. The third kappa shape index (κ3) is 6.50. The topological polar surface area (TPSA) is 92.8 Å². The second kappa shape index (κ2) is 10.9. The van der Waals surface area contributed by atoms with Crippen molar-refractivity contribution in [2.45, 2.75) is 17.4 Å². The fraction of sp³-hybridized carbons (Fsp3) is 0.200. The van der Waals surface area contributed by atoms with Crippen LogP contribution < -0.4 is 5.32 Å². The summed E-state index contributed by atoms with van der Waals surface area (Å²) in [6.45, 7) is -0.450. The van der Waals surface area contributed by atoms with Crippen molar-refractivity contribution >= 4 is 21.9 Å². The number of sulfonamides is 1. The zero-order valence-electron chi connectivity index (χ0n) is 18.5. The van der Waals surface area contributed by atoms with E-state index < -0.39 is 28.5 Å². The molecule has 0 aliphatic carbocycles. The first-order valence-electron chi connectivity index (χ1n) is 10.4. The molecule has 8 heteroatoms. The minimum absolute atomic E-state index is 0.0633. The summed E-state index contributed by atoms with van der Waals surface area (Å²) in [4.78, 5) is 24.9. The van der Waals surface area contributed by atoms with Gasteiger partial charge in [0.25, 0.3) is 5.91 Å². The molecule has 7 nitrogen and oxygen atoms in total. The van der Waals surface area contributed by atoms with E-state index in [-0.39, 0.29) is 16.5 Å². The second-order valence-corrected chi connectivity index (χ2v) is 9.76. The number of hydrogen-bond acceptors (Lipinski definition) is 5. The lowest BCUT2D eigenvalue weighted by atomic mass is 9.99. The summed E-state index contributed by atoms with van der Waals surface area (Å²) < 4.78 is 30.5. The Morgan fingerprint density at radius 1 is 0.879 bits per heavy atom. The Balaban J connectivity index is 1.62. The minimum atomic E-state index is -3.59. The zero-order valence-corrected chi connectivity index (χ0v) is 19.3. The lowest BCUT2D eigenvalue weighted by Gasteiger charge is -2.19. The molecule has 172 valence electrons. The molecule has 0 radical (unpaired) electrons. The Bertz CT molecular complexity index is 1180. The normalized spacial score (nSPS) is 12.2. The van der Waals surface area contributed by atoms with Crippen molar-refractivity contribution in [2.24, 2.45) is 0 Å². The van der Waals surface area contributed by atoms with Crippen molar-refractivity contribution in [3.8, 4) is 0 Å². The summed E-state index contributed by atoms with van der Waals surface area (Å²) in [5, 5.41) is 2.93. The predicted octanol–water partition coefficient (Wildman–Crippen LogP) is 3.19. The Morgan fingerprint density at radius 2 is 1.45 bits per heavy atom. The SMILES string of the molecule is CN(C)S(=O)(=O)c1ccc(C(=O)OCC(=O)NC(Cc2ccccc2)c2ccccc2)cc1. The molecule has 0 bridgehead atoms. The van der Waals surface area contributed by atoms with Crippen LogP contribution in [0.4, 0.5) is 0 Å².